The van der Waals surface area contributed by atoms with Gasteiger partial charge in [0.1, 0.15) is 6.04 Å². The number of halogens is 1. The molecule has 3 amide bonds. The van der Waals surface area contributed by atoms with Crippen LogP contribution in [0.5, 0.6) is 0 Å². The number of nitrogens with zero attached hydrogens (tertiary/aromatic N) is 1. The summed E-state index contributed by atoms with van der Waals surface area (Å²) in [5.41, 5.74) is 0.511. The third-order valence-electron chi connectivity index (χ3n) is 5.63. The third-order valence-corrected chi connectivity index (χ3v) is 5.86. The summed E-state index contributed by atoms with van der Waals surface area (Å²) in [5.74, 6) is -0.0825. The maximum Gasteiger partial charge on any atom is 0.254 e. The highest BCUT2D eigenvalue weighted by Crippen LogP contribution is 2.40. The van der Waals surface area contributed by atoms with E-state index in [0.717, 1.165) is 25.7 Å². The van der Waals surface area contributed by atoms with E-state index < -0.39 is 6.04 Å². The van der Waals surface area contributed by atoms with Crippen LogP contribution in [-0.2, 0) is 9.59 Å². The normalized spacial score (nSPS) is 24.2. The molecule has 1 saturated heterocycles. The van der Waals surface area contributed by atoms with E-state index in [1.54, 1.807) is 36.2 Å². The Labute approximate surface area is 164 Å². The lowest BCUT2D eigenvalue weighted by atomic mass is 9.84. The van der Waals surface area contributed by atoms with Crippen molar-refractivity contribution in [2.75, 3.05) is 13.6 Å². The van der Waals surface area contributed by atoms with Crippen molar-refractivity contribution in [3.05, 3.63) is 34.9 Å². The minimum Gasteiger partial charge on any atom is -0.359 e. The first kappa shape index (κ1) is 19.7. The minimum atomic E-state index is -0.491. The number of likely N-dealkylation sites (tertiary alicyclic amines) is 1. The van der Waals surface area contributed by atoms with E-state index in [1.807, 2.05) is 0 Å². The number of nitrogens with one attached hydrogen (secondary N) is 2. The van der Waals surface area contributed by atoms with E-state index in [4.69, 9.17) is 11.6 Å². The molecule has 146 valence electrons. The molecule has 3 atom stereocenters. The Morgan fingerprint density at radius 1 is 1.22 bits per heavy atom. The average Bonchev–Trinajstić information content (AvgIpc) is 3.06. The first-order valence-corrected chi connectivity index (χ1v) is 9.95. The van der Waals surface area contributed by atoms with Gasteiger partial charge in [-0.1, -0.05) is 30.5 Å². The van der Waals surface area contributed by atoms with Crippen molar-refractivity contribution in [2.45, 2.75) is 50.6 Å². The fraction of sp³-hybridized carbons (Fsp3) is 0.550. The minimum absolute atomic E-state index is 0.0972. The Morgan fingerprint density at radius 2 is 2.00 bits per heavy atom. The van der Waals surface area contributed by atoms with Gasteiger partial charge in [-0.3, -0.25) is 14.4 Å². The summed E-state index contributed by atoms with van der Waals surface area (Å²) in [6.07, 6.45) is 5.11. The third kappa shape index (κ3) is 4.43. The number of carbonyl (C=O) groups is 3. The topological polar surface area (TPSA) is 78.5 Å². The molecule has 0 aromatic heterocycles. The zero-order chi connectivity index (χ0) is 19.4. The van der Waals surface area contributed by atoms with Crippen LogP contribution < -0.4 is 10.6 Å². The van der Waals surface area contributed by atoms with Gasteiger partial charge < -0.3 is 15.5 Å². The highest BCUT2D eigenvalue weighted by molar-refractivity contribution is 6.31. The van der Waals surface area contributed by atoms with Crippen molar-refractivity contribution in [3.63, 3.8) is 0 Å². The Morgan fingerprint density at radius 3 is 2.74 bits per heavy atom. The average molecular weight is 392 g/mol. The monoisotopic (exact) mass is 391 g/mol. The van der Waals surface area contributed by atoms with Crippen LogP contribution in [0.1, 0.15) is 48.9 Å². The summed E-state index contributed by atoms with van der Waals surface area (Å²) in [6.45, 7) is 0.267. The second kappa shape index (κ2) is 8.74. The van der Waals surface area contributed by atoms with Gasteiger partial charge in [-0.15, -0.1) is 0 Å². The van der Waals surface area contributed by atoms with Crippen LogP contribution in [0, 0.1) is 5.92 Å². The van der Waals surface area contributed by atoms with Crippen LogP contribution in [0.3, 0.4) is 0 Å². The smallest absolute Gasteiger partial charge is 0.254 e. The van der Waals surface area contributed by atoms with Gasteiger partial charge in [0, 0.05) is 36.6 Å². The number of carbonyl (C=O) groups excluding carboxylic acids is 3. The maximum atomic E-state index is 13.2. The molecule has 0 spiro atoms. The van der Waals surface area contributed by atoms with Crippen LogP contribution in [0.15, 0.2) is 24.3 Å². The van der Waals surface area contributed by atoms with Gasteiger partial charge in [0.05, 0.1) is 0 Å². The van der Waals surface area contributed by atoms with Crippen molar-refractivity contribution in [2.24, 2.45) is 5.92 Å². The quantitative estimate of drug-likeness (QED) is 0.808. The molecule has 1 saturated carbocycles. The van der Waals surface area contributed by atoms with Crippen LogP contribution in [0.25, 0.3) is 0 Å². The molecule has 27 heavy (non-hydrogen) atoms. The van der Waals surface area contributed by atoms with Crippen LogP contribution in [0.4, 0.5) is 0 Å². The summed E-state index contributed by atoms with van der Waals surface area (Å²) >= 11 is 6.06. The number of hydrogen-bond donors (Lipinski definition) is 2. The molecular formula is C20H26ClN3O3. The van der Waals surface area contributed by atoms with E-state index in [9.17, 15) is 14.4 Å². The molecule has 1 aliphatic carbocycles. The zero-order valence-corrected chi connectivity index (χ0v) is 16.3. The van der Waals surface area contributed by atoms with Crippen molar-refractivity contribution >= 4 is 29.3 Å². The molecule has 1 aromatic rings. The predicted molar refractivity (Wildman–Crippen MR) is 103 cm³/mol. The largest absolute Gasteiger partial charge is 0.359 e. The lowest BCUT2D eigenvalue weighted by Gasteiger charge is -2.33. The Bertz CT molecular complexity index is 724. The van der Waals surface area contributed by atoms with Crippen molar-refractivity contribution in [3.8, 4) is 0 Å². The molecule has 6 nitrogen and oxygen atoms in total. The summed E-state index contributed by atoms with van der Waals surface area (Å²) in [7, 11) is 1.57. The molecule has 2 aliphatic rings. The molecule has 0 radical (unpaired) electrons. The molecule has 2 N–H and O–H groups in total. The standard InChI is InChI=1S/C20H26ClN3O3/c1-22-18(25)9-10-23-19(26)17-12-13-5-2-3-8-16(13)24(17)20(27)14-6-4-7-15(21)11-14/h4,6-7,11,13,16-17H,2-3,5,8-10,12H2,1H3,(H,22,25)(H,23,26)/t13-,16-,17+/m1/s1. The maximum absolute atomic E-state index is 13.2. The fourth-order valence-electron chi connectivity index (χ4n) is 4.30. The van der Waals surface area contributed by atoms with Gasteiger partial charge in [0.25, 0.3) is 5.91 Å². The lowest BCUT2D eigenvalue weighted by molar-refractivity contribution is -0.125. The van der Waals surface area contributed by atoms with E-state index >= 15 is 0 Å². The predicted octanol–water partition coefficient (Wildman–Crippen LogP) is 2.37. The van der Waals surface area contributed by atoms with E-state index in [2.05, 4.69) is 10.6 Å². The number of rotatable bonds is 5. The van der Waals surface area contributed by atoms with Crippen molar-refractivity contribution < 1.29 is 14.4 Å². The van der Waals surface area contributed by atoms with E-state index in [0.29, 0.717) is 22.9 Å². The van der Waals surface area contributed by atoms with Gasteiger partial charge in [0.15, 0.2) is 0 Å². The highest BCUT2D eigenvalue weighted by Gasteiger charge is 2.47. The Hall–Kier alpha value is -2.08. The van der Waals surface area contributed by atoms with Crippen LogP contribution in [-0.4, -0.2) is 48.3 Å². The highest BCUT2D eigenvalue weighted by atomic mass is 35.5. The van der Waals surface area contributed by atoms with Gasteiger partial charge >= 0.3 is 0 Å². The Balaban J connectivity index is 1.77. The molecule has 1 heterocycles. The molecule has 1 aliphatic heterocycles. The summed E-state index contributed by atoms with van der Waals surface area (Å²) in [6, 6.07) is 6.48. The first-order valence-electron chi connectivity index (χ1n) is 9.57. The number of hydrogen-bond acceptors (Lipinski definition) is 3. The molecule has 7 heteroatoms. The van der Waals surface area contributed by atoms with Crippen molar-refractivity contribution in [1.29, 1.82) is 0 Å². The first-order chi connectivity index (χ1) is 13.0. The zero-order valence-electron chi connectivity index (χ0n) is 15.5. The molecule has 0 unspecified atom stereocenters. The summed E-state index contributed by atoms with van der Waals surface area (Å²) in [5, 5.41) is 5.87. The number of benzene rings is 1. The SMILES string of the molecule is CNC(=O)CCNC(=O)[C@@H]1C[C@H]2CCCC[C@H]2N1C(=O)c1cccc(Cl)c1. The van der Waals surface area contributed by atoms with Crippen LogP contribution >= 0.6 is 11.6 Å². The number of fused-ring (bicyclic) bond motifs is 1. The number of amides is 3. The summed E-state index contributed by atoms with van der Waals surface area (Å²) < 4.78 is 0. The van der Waals surface area contributed by atoms with Gasteiger partial charge in [0.2, 0.25) is 11.8 Å². The lowest BCUT2D eigenvalue weighted by Crippen LogP contribution is -2.50. The van der Waals surface area contributed by atoms with Gasteiger partial charge in [-0.2, -0.15) is 0 Å². The van der Waals surface area contributed by atoms with Crippen LogP contribution in [0.2, 0.25) is 5.02 Å². The Kier molecular flexibility index (Phi) is 6.37. The molecular weight excluding hydrogens is 366 g/mol. The van der Waals surface area contributed by atoms with E-state index in [-0.39, 0.29) is 36.7 Å². The summed E-state index contributed by atoms with van der Waals surface area (Å²) in [4.78, 5) is 39.2. The molecule has 3 rings (SSSR count). The fourth-order valence-corrected chi connectivity index (χ4v) is 4.49. The van der Waals surface area contributed by atoms with Gasteiger partial charge in [-0.25, -0.2) is 0 Å². The molecule has 1 aromatic carbocycles. The molecule has 2 fully saturated rings. The second-order valence-corrected chi connectivity index (χ2v) is 7.74. The van der Waals surface area contributed by atoms with Gasteiger partial charge in [-0.05, 0) is 43.4 Å². The van der Waals surface area contributed by atoms with E-state index in [1.165, 1.54) is 0 Å². The van der Waals surface area contributed by atoms with Crippen molar-refractivity contribution in [1.82, 2.24) is 15.5 Å². The second-order valence-electron chi connectivity index (χ2n) is 7.30. The molecule has 0 bridgehead atoms.